The lowest BCUT2D eigenvalue weighted by Gasteiger charge is -2.39. The number of nitrogens with zero attached hydrogens (tertiary/aromatic N) is 4. The molecule has 12 nitrogen and oxygen atoms in total. The lowest BCUT2D eigenvalue weighted by atomic mass is 9.88. The van der Waals surface area contributed by atoms with Gasteiger partial charge in [-0.15, -0.1) is 0 Å². The summed E-state index contributed by atoms with van der Waals surface area (Å²) in [7, 11) is 0. The fourth-order valence-corrected chi connectivity index (χ4v) is 4.34. The minimum atomic E-state index is -0.505. The van der Waals surface area contributed by atoms with Crippen LogP contribution in [0.3, 0.4) is 0 Å². The van der Waals surface area contributed by atoms with Crippen LogP contribution in [0, 0.1) is 6.92 Å². The number of piperidine rings is 1. The highest BCUT2D eigenvalue weighted by atomic mass is 16.5. The molecule has 0 unspecified atom stereocenters. The van der Waals surface area contributed by atoms with Crippen molar-refractivity contribution < 1.29 is 14.3 Å². The van der Waals surface area contributed by atoms with Crippen molar-refractivity contribution in [2.45, 2.75) is 45.3 Å². The maximum Gasteiger partial charge on any atom is 0.280 e. The van der Waals surface area contributed by atoms with Crippen LogP contribution in [-0.2, 0) is 4.74 Å². The number of rotatable bonds is 7. The Bertz CT molecular complexity index is 1170. The van der Waals surface area contributed by atoms with Gasteiger partial charge in [0.2, 0.25) is 0 Å². The number of nitrogens with two attached hydrogens (primary N) is 2. The molecule has 1 aromatic carbocycles. The van der Waals surface area contributed by atoms with E-state index in [4.69, 9.17) is 16.2 Å². The number of hydrogen-bond donors (Lipinski definition) is 5. The molecule has 7 N–H and O–H groups in total. The van der Waals surface area contributed by atoms with E-state index >= 15 is 0 Å². The van der Waals surface area contributed by atoms with Gasteiger partial charge in [0.1, 0.15) is 5.82 Å². The average Bonchev–Trinajstić information content (AvgIpc) is 3.25. The summed E-state index contributed by atoms with van der Waals surface area (Å²) in [4.78, 5) is 40.1. The fraction of sp³-hybridized carbons (Fsp3) is 0.480. The van der Waals surface area contributed by atoms with E-state index in [1.165, 1.54) is 0 Å². The smallest absolute Gasteiger partial charge is 0.280 e. The van der Waals surface area contributed by atoms with Gasteiger partial charge in [-0.2, -0.15) is 0 Å². The number of aliphatic imine (C=N–C) groups is 1. The fourth-order valence-electron chi connectivity index (χ4n) is 4.34. The highest BCUT2D eigenvalue weighted by Crippen LogP contribution is 2.27. The number of carbonyl (C=O) groups excluding carboxylic acids is 2. The van der Waals surface area contributed by atoms with Crippen molar-refractivity contribution in [3.8, 4) is 0 Å². The number of hydrogen-bond acceptors (Lipinski definition) is 10. The first-order valence-electron chi connectivity index (χ1n) is 12.4. The molecule has 1 fully saturated rings. The number of nitrogen functional groups attached to an aromatic ring is 2. The van der Waals surface area contributed by atoms with Crippen molar-refractivity contribution in [2.24, 2.45) is 4.99 Å². The quantitative estimate of drug-likeness (QED) is 0.343. The largest absolute Gasteiger partial charge is 0.383 e. The van der Waals surface area contributed by atoms with E-state index in [1.54, 1.807) is 6.92 Å². The summed E-state index contributed by atoms with van der Waals surface area (Å²) in [5.74, 6) is 0.0108. The summed E-state index contributed by atoms with van der Waals surface area (Å²) in [6.45, 7) is 8.68. The van der Waals surface area contributed by atoms with Crippen LogP contribution in [0.2, 0.25) is 0 Å². The van der Waals surface area contributed by atoms with Crippen LogP contribution in [0.25, 0.3) is 0 Å². The zero-order valence-corrected chi connectivity index (χ0v) is 21.5. The Labute approximate surface area is 216 Å². The third kappa shape index (κ3) is 6.26. The van der Waals surface area contributed by atoms with Crippen molar-refractivity contribution in [3.05, 3.63) is 41.2 Å². The third-order valence-corrected chi connectivity index (χ3v) is 6.53. The molecule has 3 heterocycles. The molecule has 0 saturated carbocycles. The SMILES string of the molecule is Cc1nc(C(=O)NC2=NCC3(CCN(C(=O)c4ccc(NCCOC(C)C)cc4)CC3)N2)c(N)nc1N. The van der Waals surface area contributed by atoms with Crippen molar-refractivity contribution in [2.75, 3.05) is 49.6 Å². The van der Waals surface area contributed by atoms with E-state index in [0.29, 0.717) is 62.8 Å². The number of likely N-dealkylation sites (tertiary alicyclic amines) is 1. The summed E-state index contributed by atoms with van der Waals surface area (Å²) >= 11 is 0. The number of guanidine groups is 1. The van der Waals surface area contributed by atoms with E-state index in [9.17, 15) is 9.59 Å². The van der Waals surface area contributed by atoms with Gasteiger partial charge < -0.3 is 31.7 Å². The van der Waals surface area contributed by atoms with Crippen LogP contribution < -0.4 is 27.4 Å². The molecule has 2 amide bonds. The van der Waals surface area contributed by atoms with E-state index in [2.05, 4.69) is 30.9 Å². The Hall–Kier alpha value is -3.93. The van der Waals surface area contributed by atoms with Crippen LogP contribution in [0.4, 0.5) is 17.3 Å². The summed E-state index contributed by atoms with van der Waals surface area (Å²) in [6.07, 6.45) is 1.62. The summed E-state index contributed by atoms with van der Waals surface area (Å²) in [6, 6.07) is 7.51. The molecule has 0 radical (unpaired) electrons. The molecule has 2 aliphatic heterocycles. The van der Waals surface area contributed by atoms with E-state index in [-0.39, 0.29) is 34.9 Å². The first-order valence-corrected chi connectivity index (χ1v) is 12.4. The highest BCUT2D eigenvalue weighted by Gasteiger charge is 2.40. The summed E-state index contributed by atoms with van der Waals surface area (Å²) in [5, 5.41) is 9.36. The van der Waals surface area contributed by atoms with Crippen molar-refractivity contribution in [1.29, 1.82) is 0 Å². The molecule has 198 valence electrons. The van der Waals surface area contributed by atoms with Gasteiger partial charge in [-0.3, -0.25) is 19.9 Å². The van der Waals surface area contributed by atoms with Gasteiger partial charge in [0, 0.05) is 30.9 Å². The van der Waals surface area contributed by atoms with Crippen molar-refractivity contribution in [1.82, 2.24) is 25.5 Å². The topological polar surface area (TPSA) is 173 Å². The Morgan fingerprint density at radius 1 is 1.14 bits per heavy atom. The Balaban J connectivity index is 1.26. The lowest BCUT2D eigenvalue weighted by Crippen LogP contribution is -2.57. The molecule has 4 rings (SSSR count). The molecule has 12 heteroatoms. The Morgan fingerprint density at radius 2 is 1.84 bits per heavy atom. The maximum absolute atomic E-state index is 13.0. The zero-order valence-electron chi connectivity index (χ0n) is 21.5. The first-order chi connectivity index (χ1) is 17.7. The molecular formula is C25H35N9O3. The van der Waals surface area contributed by atoms with E-state index in [0.717, 1.165) is 5.69 Å². The molecule has 2 aliphatic rings. The number of carbonyl (C=O) groups is 2. The van der Waals surface area contributed by atoms with E-state index in [1.807, 2.05) is 43.0 Å². The van der Waals surface area contributed by atoms with Gasteiger partial charge >= 0.3 is 0 Å². The minimum absolute atomic E-state index is 0.00248. The van der Waals surface area contributed by atoms with Crippen LogP contribution in [0.1, 0.15) is 53.2 Å². The second-order valence-corrected chi connectivity index (χ2v) is 9.67. The number of ether oxygens (including phenoxy) is 1. The summed E-state index contributed by atoms with van der Waals surface area (Å²) < 4.78 is 5.53. The molecule has 1 saturated heterocycles. The standard InChI is InChI=1S/C25H35N9O3/c1-15(2)37-13-10-28-18-6-4-17(5-7-18)23(36)34-11-8-25(9-12-34)14-29-24(33-25)32-22(35)19-21(27)31-20(26)16(3)30-19/h4-7,15,28H,8-14H2,1-3H3,(H4,26,27,31)(H2,29,32,33,35). The number of anilines is 3. The second kappa shape index (κ2) is 11.0. The van der Waals surface area contributed by atoms with Gasteiger partial charge in [0.05, 0.1) is 30.5 Å². The average molecular weight is 510 g/mol. The van der Waals surface area contributed by atoms with Crippen LogP contribution in [0.5, 0.6) is 0 Å². The molecule has 1 spiro atoms. The monoisotopic (exact) mass is 509 g/mol. The van der Waals surface area contributed by atoms with E-state index < -0.39 is 5.91 Å². The second-order valence-electron chi connectivity index (χ2n) is 9.67. The molecule has 1 aromatic heterocycles. The van der Waals surface area contributed by atoms with Gasteiger partial charge in [-0.1, -0.05) is 0 Å². The first kappa shape index (κ1) is 26.1. The number of aryl methyl sites for hydroxylation is 1. The predicted octanol–water partition coefficient (Wildman–Crippen LogP) is 1.15. The normalized spacial score (nSPS) is 16.4. The van der Waals surface area contributed by atoms with Crippen LogP contribution in [0.15, 0.2) is 29.3 Å². The minimum Gasteiger partial charge on any atom is -0.383 e. The molecule has 0 atom stereocenters. The van der Waals surface area contributed by atoms with Gasteiger partial charge in [0.25, 0.3) is 11.8 Å². The molecule has 0 bridgehead atoms. The molecular weight excluding hydrogens is 474 g/mol. The maximum atomic E-state index is 13.0. The third-order valence-electron chi connectivity index (χ3n) is 6.53. The number of benzene rings is 1. The highest BCUT2D eigenvalue weighted by molar-refractivity contribution is 6.07. The van der Waals surface area contributed by atoms with Gasteiger partial charge in [-0.05, 0) is 57.9 Å². The van der Waals surface area contributed by atoms with Gasteiger partial charge in [0.15, 0.2) is 17.5 Å². The number of nitrogens with one attached hydrogen (secondary N) is 3. The number of aromatic nitrogens is 2. The Kier molecular flexibility index (Phi) is 7.77. The lowest BCUT2D eigenvalue weighted by molar-refractivity contribution is 0.0668. The zero-order chi connectivity index (χ0) is 26.6. The molecule has 37 heavy (non-hydrogen) atoms. The molecule has 0 aliphatic carbocycles. The van der Waals surface area contributed by atoms with Crippen molar-refractivity contribution >= 4 is 35.1 Å². The Morgan fingerprint density at radius 3 is 2.51 bits per heavy atom. The van der Waals surface area contributed by atoms with Gasteiger partial charge in [-0.25, -0.2) is 9.97 Å². The van der Waals surface area contributed by atoms with Crippen LogP contribution in [-0.4, -0.2) is 77.1 Å². The number of amides is 2. The summed E-state index contributed by atoms with van der Waals surface area (Å²) in [5.41, 5.74) is 13.2. The van der Waals surface area contributed by atoms with Crippen molar-refractivity contribution in [3.63, 3.8) is 0 Å². The predicted molar refractivity (Wildman–Crippen MR) is 142 cm³/mol. The van der Waals surface area contributed by atoms with Crippen LogP contribution >= 0.6 is 0 Å². The molecule has 2 aromatic rings.